The van der Waals surface area contributed by atoms with Gasteiger partial charge < -0.3 is 5.73 Å². The van der Waals surface area contributed by atoms with Gasteiger partial charge in [-0.05, 0) is 23.1 Å². The van der Waals surface area contributed by atoms with E-state index in [0.29, 0.717) is 12.2 Å². The van der Waals surface area contributed by atoms with Gasteiger partial charge in [0.1, 0.15) is 0 Å². The van der Waals surface area contributed by atoms with Crippen LogP contribution in [-0.2, 0) is 15.0 Å². The topological polar surface area (TPSA) is 63.4 Å². The Morgan fingerprint density at radius 1 is 1.10 bits per heavy atom. The summed E-state index contributed by atoms with van der Waals surface area (Å²) in [5.74, 6) is -0.378. The van der Waals surface area contributed by atoms with E-state index in [9.17, 15) is 9.59 Å². The summed E-state index contributed by atoms with van der Waals surface area (Å²) < 4.78 is 0. The number of nitrogens with zero attached hydrogens (tertiary/aromatic N) is 1. The molecule has 0 radical (unpaired) electrons. The largest absolute Gasteiger partial charge is 0.330 e. The van der Waals surface area contributed by atoms with Crippen LogP contribution in [0.15, 0.2) is 24.3 Å². The third kappa shape index (κ3) is 1.85. The Hall–Kier alpha value is -1.68. The predicted molar refractivity (Wildman–Crippen MR) is 81.8 cm³/mol. The molecule has 4 nitrogen and oxygen atoms in total. The van der Waals surface area contributed by atoms with E-state index in [1.54, 1.807) is 0 Å². The molecule has 2 unspecified atom stereocenters. The first-order valence-electron chi connectivity index (χ1n) is 7.40. The van der Waals surface area contributed by atoms with Crippen molar-refractivity contribution in [1.82, 2.24) is 0 Å². The molecule has 2 atom stereocenters. The second-order valence-corrected chi connectivity index (χ2v) is 7.42. The summed E-state index contributed by atoms with van der Waals surface area (Å²) in [5.41, 5.74) is 7.29. The fourth-order valence-electron chi connectivity index (χ4n) is 3.38. The molecular formula is C17H22N2O2. The summed E-state index contributed by atoms with van der Waals surface area (Å²) in [5, 5.41) is 0. The lowest BCUT2D eigenvalue weighted by molar-refractivity contribution is -0.125. The number of amides is 2. The molecule has 0 aromatic heterocycles. The molecule has 0 spiro atoms. The maximum Gasteiger partial charge on any atom is 0.238 e. The third-order valence-corrected chi connectivity index (χ3v) is 5.22. The Bertz CT molecular complexity index is 592. The van der Waals surface area contributed by atoms with Crippen molar-refractivity contribution in [2.45, 2.75) is 33.1 Å². The lowest BCUT2D eigenvalue weighted by Gasteiger charge is -2.25. The molecule has 2 aliphatic rings. The Morgan fingerprint density at radius 3 is 2.00 bits per heavy atom. The molecule has 2 fully saturated rings. The fourth-order valence-corrected chi connectivity index (χ4v) is 3.38. The van der Waals surface area contributed by atoms with Gasteiger partial charge in [0.25, 0.3) is 0 Å². The number of imide groups is 1. The van der Waals surface area contributed by atoms with Gasteiger partial charge >= 0.3 is 0 Å². The molecule has 21 heavy (non-hydrogen) atoms. The van der Waals surface area contributed by atoms with E-state index in [4.69, 9.17) is 5.73 Å². The van der Waals surface area contributed by atoms with Gasteiger partial charge in [-0.3, -0.25) is 14.5 Å². The molecule has 1 saturated heterocycles. The minimum absolute atomic E-state index is 0.0548. The molecule has 1 aromatic rings. The van der Waals surface area contributed by atoms with Gasteiger partial charge in [0, 0.05) is 12.0 Å². The highest BCUT2D eigenvalue weighted by atomic mass is 16.2. The highest BCUT2D eigenvalue weighted by Gasteiger charge is 2.72. The molecule has 2 amide bonds. The first-order chi connectivity index (χ1) is 9.71. The number of hydrogen-bond acceptors (Lipinski definition) is 3. The van der Waals surface area contributed by atoms with Gasteiger partial charge in [-0.25, -0.2) is 0 Å². The van der Waals surface area contributed by atoms with Crippen LogP contribution in [0, 0.1) is 17.3 Å². The smallest absolute Gasteiger partial charge is 0.238 e. The van der Waals surface area contributed by atoms with Crippen LogP contribution >= 0.6 is 0 Å². The summed E-state index contributed by atoms with van der Waals surface area (Å²) in [6.45, 7) is 8.68. The molecule has 1 saturated carbocycles. The second-order valence-electron chi connectivity index (χ2n) is 7.42. The molecule has 4 heteroatoms. The van der Waals surface area contributed by atoms with E-state index < -0.39 is 0 Å². The standard InChI is InChI=1S/C17H22N2O2/c1-16(2,9-18)10-5-7-11(8-6-10)19-14(20)12-13(15(19)21)17(12,3)4/h5-8,12-13H,9,18H2,1-4H3. The van der Waals surface area contributed by atoms with Crippen LogP contribution in [0.3, 0.4) is 0 Å². The van der Waals surface area contributed by atoms with E-state index in [2.05, 4.69) is 13.8 Å². The van der Waals surface area contributed by atoms with Gasteiger partial charge in [-0.15, -0.1) is 0 Å². The van der Waals surface area contributed by atoms with Crippen molar-refractivity contribution in [1.29, 1.82) is 0 Å². The molecule has 1 aromatic carbocycles. The SMILES string of the molecule is CC(C)(CN)c1ccc(N2C(=O)C3C(C2=O)C3(C)C)cc1. The van der Waals surface area contributed by atoms with Gasteiger partial charge in [-0.2, -0.15) is 0 Å². The van der Waals surface area contributed by atoms with Crippen molar-refractivity contribution in [3.8, 4) is 0 Å². The van der Waals surface area contributed by atoms with Crippen molar-refractivity contribution >= 4 is 17.5 Å². The predicted octanol–water partition coefficient (Wildman–Crippen LogP) is 2.07. The maximum absolute atomic E-state index is 12.4. The van der Waals surface area contributed by atoms with Crippen LogP contribution in [0.2, 0.25) is 0 Å². The van der Waals surface area contributed by atoms with Gasteiger partial charge in [-0.1, -0.05) is 39.8 Å². The molecule has 1 aliphatic heterocycles. The first-order valence-corrected chi connectivity index (χ1v) is 7.40. The number of hydrogen-bond donors (Lipinski definition) is 1. The van der Waals surface area contributed by atoms with Crippen LogP contribution in [-0.4, -0.2) is 18.4 Å². The normalized spacial score (nSPS) is 27.0. The number of nitrogens with two attached hydrogens (primary N) is 1. The van der Waals surface area contributed by atoms with E-state index >= 15 is 0 Å². The van der Waals surface area contributed by atoms with Crippen LogP contribution in [0.1, 0.15) is 33.3 Å². The van der Waals surface area contributed by atoms with Crippen molar-refractivity contribution in [2.75, 3.05) is 11.4 Å². The van der Waals surface area contributed by atoms with Crippen LogP contribution < -0.4 is 10.6 Å². The second kappa shape index (κ2) is 4.17. The zero-order valence-corrected chi connectivity index (χ0v) is 13.0. The fraction of sp³-hybridized carbons (Fsp3) is 0.529. The average molecular weight is 286 g/mol. The Morgan fingerprint density at radius 2 is 1.57 bits per heavy atom. The minimum Gasteiger partial charge on any atom is -0.330 e. The van der Waals surface area contributed by atoms with Crippen LogP contribution in [0.5, 0.6) is 0 Å². The average Bonchev–Trinajstić information content (AvgIpc) is 2.89. The summed E-state index contributed by atoms with van der Waals surface area (Å²) in [6, 6.07) is 7.61. The number of benzene rings is 1. The minimum atomic E-state index is -0.161. The van der Waals surface area contributed by atoms with Gasteiger partial charge in [0.15, 0.2) is 0 Å². The zero-order chi connectivity index (χ0) is 15.6. The molecule has 3 rings (SSSR count). The number of fused-ring (bicyclic) bond motifs is 1. The van der Waals surface area contributed by atoms with E-state index in [1.165, 1.54) is 4.90 Å². The van der Waals surface area contributed by atoms with Crippen molar-refractivity contribution in [2.24, 2.45) is 23.0 Å². The molecule has 112 valence electrons. The monoisotopic (exact) mass is 286 g/mol. The van der Waals surface area contributed by atoms with Gasteiger partial charge in [0.2, 0.25) is 11.8 Å². The first kappa shape index (κ1) is 14.3. The summed E-state index contributed by atoms with van der Waals surface area (Å²) in [4.78, 5) is 26.1. The van der Waals surface area contributed by atoms with Crippen molar-refractivity contribution in [3.05, 3.63) is 29.8 Å². The Kier molecular flexibility index (Phi) is 2.83. The lowest BCUT2D eigenvalue weighted by Crippen LogP contribution is -2.36. The summed E-state index contributed by atoms with van der Waals surface area (Å²) >= 11 is 0. The summed E-state index contributed by atoms with van der Waals surface area (Å²) in [6.07, 6.45) is 0. The molecule has 1 aliphatic carbocycles. The molecule has 1 heterocycles. The number of carbonyl (C=O) groups is 2. The van der Waals surface area contributed by atoms with Crippen LogP contribution in [0.25, 0.3) is 0 Å². The van der Waals surface area contributed by atoms with Crippen molar-refractivity contribution in [3.63, 3.8) is 0 Å². The number of carbonyl (C=O) groups excluding carboxylic acids is 2. The maximum atomic E-state index is 12.4. The third-order valence-electron chi connectivity index (χ3n) is 5.22. The molecule has 0 bridgehead atoms. The van der Waals surface area contributed by atoms with Gasteiger partial charge in [0.05, 0.1) is 17.5 Å². The van der Waals surface area contributed by atoms with E-state index in [-0.39, 0.29) is 34.5 Å². The lowest BCUT2D eigenvalue weighted by atomic mass is 9.85. The number of anilines is 1. The quantitative estimate of drug-likeness (QED) is 0.865. The summed E-state index contributed by atoms with van der Waals surface area (Å²) in [7, 11) is 0. The highest BCUT2D eigenvalue weighted by molar-refractivity contribution is 6.25. The molecule has 2 N–H and O–H groups in total. The van der Waals surface area contributed by atoms with Crippen molar-refractivity contribution < 1.29 is 9.59 Å². The Balaban J connectivity index is 1.87. The Labute approximate surface area is 125 Å². The number of rotatable bonds is 3. The van der Waals surface area contributed by atoms with E-state index in [1.807, 2.05) is 38.1 Å². The van der Waals surface area contributed by atoms with E-state index in [0.717, 1.165) is 5.56 Å². The zero-order valence-electron chi connectivity index (χ0n) is 13.0. The number of piperidine rings is 1. The molecular weight excluding hydrogens is 264 g/mol. The van der Waals surface area contributed by atoms with Crippen LogP contribution in [0.4, 0.5) is 5.69 Å². The highest BCUT2D eigenvalue weighted by Crippen LogP contribution is 2.63.